The Labute approximate surface area is 91.7 Å². The van der Waals surface area contributed by atoms with E-state index >= 15 is 0 Å². The van der Waals surface area contributed by atoms with Gasteiger partial charge in [-0.05, 0) is 25.5 Å². The fourth-order valence-corrected chi connectivity index (χ4v) is 2.69. The summed E-state index contributed by atoms with van der Waals surface area (Å²) in [6.45, 7) is 5.10. The van der Waals surface area contributed by atoms with E-state index in [1.807, 2.05) is 0 Å². The van der Waals surface area contributed by atoms with Crippen LogP contribution >= 0.6 is 0 Å². The van der Waals surface area contributed by atoms with Crippen LogP contribution in [0.25, 0.3) is 0 Å². The van der Waals surface area contributed by atoms with Crippen LogP contribution in [0.4, 0.5) is 0 Å². The van der Waals surface area contributed by atoms with E-state index in [0.29, 0.717) is 0 Å². The Balaban J connectivity index is 2.14. The molecule has 2 rings (SSSR count). The van der Waals surface area contributed by atoms with E-state index in [4.69, 9.17) is 4.74 Å². The van der Waals surface area contributed by atoms with Gasteiger partial charge in [0, 0.05) is 12.1 Å². The fourth-order valence-electron chi connectivity index (χ4n) is 2.69. The lowest BCUT2D eigenvalue weighted by atomic mass is 9.89. The van der Waals surface area contributed by atoms with Gasteiger partial charge in [0.2, 0.25) is 0 Å². The van der Waals surface area contributed by atoms with Gasteiger partial charge in [0.15, 0.2) is 0 Å². The quantitative estimate of drug-likeness (QED) is 0.712. The maximum Gasteiger partial charge on any atom is 0.0706 e. The van der Waals surface area contributed by atoms with Crippen LogP contribution in [0.5, 0.6) is 0 Å². The van der Waals surface area contributed by atoms with E-state index in [1.165, 1.54) is 11.1 Å². The zero-order valence-corrected chi connectivity index (χ0v) is 9.75. The van der Waals surface area contributed by atoms with Crippen molar-refractivity contribution in [1.29, 1.82) is 0 Å². The third kappa shape index (κ3) is 1.84. The van der Waals surface area contributed by atoms with Crippen LogP contribution in [0.3, 0.4) is 0 Å². The minimum atomic E-state index is 0.00662. The molecule has 1 atom stereocenters. The molecule has 0 amide bonds. The average Bonchev–Trinajstić information content (AvgIpc) is 2.42. The molecule has 3 heteroatoms. The first-order valence-corrected chi connectivity index (χ1v) is 5.81. The van der Waals surface area contributed by atoms with Crippen molar-refractivity contribution in [3.63, 3.8) is 0 Å². The van der Waals surface area contributed by atoms with Gasteiger partial charge in [-0.2, -0.15) is 0 Å². The second kappa shape index (κ2) is 4.24. The first-order valence-electron chi connectivity index (χ1n) is 5.81. The van der Waals surface area contributed by atoms with Crippen LogP contribution in [0.2, 0.25) is 0 Å². The van der Waals surface area contributed by atoms with E-state index in [-0.39, 0.29) is 12.1 Å². The number of likely N-dealkylation sites (N-methyl/N-ethyl adjacent to an activating group) is 1. The first kappa shape index (κ1) is 11.1. The molecule has 0 radical (unpaired) electrons. The largest absolute Gasteiger partial charge is 0.394 e. The topological polar surface area (TPSA) is 32.7 Å². The molecule has 0 aliphatic carbocycles. The number of likely N-dealkylation sites (tertiary alicyclic amines) is 1. The Morgan fingerprint density at radius 1 is 1.40 bits per heavy atom. The Morgan fingerprint density at radius 3 is 2.60 bits per heavy atom. The molecule has 0 aromatic rings. The molecule has 0 saturated carbocycles. The minimum Gasteiger partial charge on any atom is -0.394 e. The molecule has 15 heavy (non-hydrogen) atoms. The minimum absolute atomic E-state index is 0.00662. The van der Waals surface area contributed by atoms with Crippen molar-refractivity contribution in [3.05, 3.63) is 11.1 Å². The molecule has 1 unspecified atom stereocenters. The van der Waals surface area contributed by atoms with Crippen molar-refractivity contribution in [3.8, 4) is 0 Å². The number of aliphatic hydroxyl groups is 1. The molecule has 2 aliphatic heterocycles. The van der Waals surface area contributed by atoms with E-state index in [1.54, 1.807) is 0 Å². The molecule has 86 valence electrons. The van der Waals surface area contributed by atoms with Crippen molar-refractivity contribution in [2.45, 2.75) is 31.7 Å². The molecule has 0 aromatic heterocycles. The average molecular weight is 211 g/mol. The first-order chi connectivity index (χ1) is 7.22. The van der Waals surface area contributed by atoms with Gasteiger partial charge in [0.25, 0.3) is 0 Å². The molecule has 1 N–H and O–H groups in total. The zero-order valence-electron chi connectivity index (χ0n) is 9.75. The second-order valence-corrected chi connectivity index (χ2v) is 4.87. The monoisotopic (exact) mass is 211 g/mol. The van der Waals surface area contributed by atoms with Crippen LogP contribution in [-0.4, -0.2) is 49.0 Å². The van der Waals surface area contributed by atoms with Crippen LogP contribution in [-0.2, 0) is 4.74 Å². The smallest absolute Gasteiger partial charge is 0.0706 e. The van der Waals surface area contributed by atoms with Gasteiger partial charge in [-0.1, -0.05) is 18.9 Å². The molecular formula is C12H21NO2. The van der Waals surface area contributed by atoms with E-state index < -0.39 is 0 Å². The summed E-state index contributed by atoms with van der Waals surface area (Å²) in [4.78, 5) is 2.32. The Kier molecular flexibility index (Phi) is 3.14. The second-order valence-electron chi connectivity index (χ2n) is 4.87. The highest BCUT2D eigenvalue weighted by Gasteiger charge is 2.41. The van der Waals surface area contributed by atoms with Crippen molar-refractivity contribution in [2.24, 2.45) is 0 Å². The molecule has 0 bridgehead atoms. The van der Waals surface area contributed by atoms with Gasteiger partial charge in [0.1, 0.15) is 0 Å². The van der Waals surface area contributed by atoms with E-state index in [9.17, 15) is 5.11 Å². The Hall–Kier alpha value is -0.380. The Morgan fingerprint density at radius 2 is 2.13 bits per heavy atom. The van der Waals surface area contributed by atoms with Gasteiger partial charge in [-0.25, -0.2) is 0 Å². The summed E-state index contributed by atoms with van der Waals surface area (Å²) in [5.41, 5.74) is 2.98. The van der Waals surface area contributed by atoms with Crippen molar-refractivity contribution in [2.75, 3.05) is 33.4 Å². The fraction of sp³-hybridized carbons (Fsp3) is 0.833. The number of aliphatic hydroxyl groups excluding tert-OH is 1. The summed E-state index contributed by atoms with van der Waals surface area (Å²) >= 11 is 0. The highest BCUT2D eigenvalue weighted by Crippen LogP contribution is 2.37. The number of nitrogens with zero attached hydrogens (tertiary/aromatic N) is 1. The number of rotatable bonds is 3. The SMILES string of the molecule is CCCC1(CO)CC(=C2COC2)CN1C. The number of hydrogen-bond donors (Lipinski definition) is 1. The van der Waals surface area contributed by atoms with E-state index in [2.05, 4.69) is 18.9 Å². The summed E-state index contributed by atoms with van der Waals surface area (Å²) in [6.07, 6.45) is 3.24. The summed E-state index contributed by atoms with van der Waals surface area (Å²) in [7, 11) is 2.12. The van der Waals surface area contributed by atoms with Crippen LogP contribution in [0.1, 0.15) is 26.2 Å². The number of hydrogen-bond acceptors (Lipinski definition) is 3. The molecule has 2 aliphatic rings. The lowest BCUT2D eigenvalue weighted by Crippen LogP contribution is -2.44. The lowest BCUT2D eigenvalue weighted by Gasteiger charge is -2.33. The molecule has 0 aromatic carbocycles. The van der Waals surface area contributed by atoms with Gasteiger partial charge < -0.3 is 9.84 Å². The summed E-state index contributed by atoms with van der Waals surface area (Å²) in [5, 5.41) is 9.61. The van der Waals surface area contributed by atoms with Crippen molar-refractivity contribution < 1.29 is 9.84 Å². The van der Waals surface area contributed by atoms with Gasteiger partial charge in [-0.15, -0.1) is 0 Å². The van der Waals surface area contributed by atoms with Crippen LogP contribution in [0, 0.1) is 0 Å². The molecule has 0 spiro atoms. The van der Waals surface area contributed by atoms with Gasteiger partial charge >= 0.3 is 0 Å². The third-order valence-corrected chi connectivity index (χ3v) is 3.84. The predicted octanol–water partition coefficient (Wildman–Crippen LogP) is 1.18. The normalized spacial score (nSPS) is 32.2. The van der Waals surface area contributed by atoms with Gasteiger partial charge in [0.05, 0.1) is 19.8 Å². The highest BCUT2D eigenvalue weighted by atomic mass is 16.5. The molecule has 2 fully saturated rings. The lowest BCUT2D eigenvalue weighted by molar-refractivity contribution is 0.0754. The predicted molar refractivity (Wildman–Crippen MR) is 59.8 cm³/mol. The molecule has 2 saturated heterocycles. The molecular weight excluding hydrogens is 190 g/mol. The maximum absolute atomic E-state index is 9.61. The Bertz CT molecular complexity index is 269. The van der Waals surface area contributed by atoms with Crippen LogP contribution < -0.4 is 0 Å². The number of ether oxygens (including phenoxy) is 1. The maximum atomic E-state index is 9.61. The summed E-state index contributed by atoms with van der Waals surface area (Å²) < 4.78 is 5.21. The van der Waals surface area contributed by atoms with Crippen LogP contribution in [0.15, 0.2) is 11.1 Å². The standard InChI is InChI=1S/C12H21NO2/c1-3-4-12(9-14)5-10(6-13(12)2)11-7-15-8-11/h14H,3-9H2,1-2H3. The summed E-state index contributed by atoms with van der Waals surface area (Å²) in [6, 6.07) is 0. The van der Waals surface area contributed by atoms with Gasteiger partial charge in [-0.3, -0.25) is 4.90 Å². The molecule has 2 heterocycles. The highest BCUT2D eigenvalue weighted by molar-refractivity contribution is 5.27. The molecule has 3 nitrogen and oxygen atoms in total. The van der Waals surface area contributed by atoms with E-state index in [0.717, 1.165) is 39.0 Å². The summed E-state index contributed by atoms with van der Waals surface area (Å²) in [5.74, 6) is 0. The van der Waals surface area contributed by atoms with Crippen molar-refractivity contribution >= 4 is 0 Å². The zero-order chi connectivity index (χ0) is 10.9. The van der Waals surface area contributed by atoms with Crippen molar-refractivity contribution in [1.82, 2.24) is 4.90 Å². The third-order valence-electron chi connectivity index (χ3n) is 3.84.